The van der Waals surface area contributed by atoms with E-state index in [0.717, 1.165) is 47.4 Å². The fraction of sp³-hybridized carbons (Fsp3) is 0.292. The van der Waals surface area contributed by atoms with Gasteiger partial charge in [-0.15, -0.1) is 0 Å². The van der Waals surface area contributed by atoms with Crippen molar-refractivity contribution in [3.63, 3.8) is 0 Å². The minimum atomic E-state index is -0.280. The summed E-state index contributed by atoms with van der Waals surface area (Å²) in [4.78, 5) is 19.0. The van der Waals surface area contributed by atoms with Crippen LogP contribution in [0.2, 0.25) is 0 Å². The first-order valence-corrected chi connectivity index (χ1v) is 10.5. The molecule has 0 spiro atoms. The second-order valence-corrected chi connectivity index (χ2v) is 8.27. The van der Waals surface area contributed by atoms with Gasteiger partial charge in [0, 0.05) is 24.2 Å². The fourth-order valence-corrected chi connectivity index (χ4v) is 4.36. The van der Waals surface area contributed by atoms with Crippen LogP contribution in [0.5, 0.6) is 5.88 Å². The molecule has 1 aliphatic heterocycles. The number of H-pyrrole nitrogens is 1. The number of nitrogens with zero attached hydrogens (tertiary/aromatic N) is 4. The van der Waals surface area contributed by atoms with Crippen molar-refractivity contribution in [1.82, 2.24) is 24.8 Å². The van der Waals surface area contributed by atoms with Crippen molar-refractivity contribution in [1.29, 1.82) is 0 Å². The number of nitrogens with two attached hydrogens (primary N) is 1. The van der Waals surface area contributed by atoms with Gasteiger partial charge in [-0.05, 0) is 62.2 Å². The van der Waals surface area contributed by atoms with Gasteiger partial charge in [0.25, 0.3) is 5.88 Å². The Morgan fingerprint density at radius 3 is 2.97 bits per heavy atom. The molecule has 1 atom stereocenters. The van der Waals surface area contributed by atoms with E-state index >= 15 is 0 Å². The maximum Gasteiger partial charge on any atom is 0.258 e. The summed E-state index contributed by atoms with van der Waals surface area (Å²) in [6.07, 6.45) is 4.20. The zero-order valence-electron chi connectivity index (χ0n) is 18.0. The van der Waals surface area contributed by atoms with Crippen LogP contribution in [-0.2, 0) is 13.0 Å². The SMILES string of the molecule is Cc1cc(-c2cnc(N)c(OC(C)c3cccc4[nH]cnc34)n2)cc2c1CCN(C)C2. The van der Waals surface area contributed by atoms with E-state index in [4.69, 9.17) is 15.5 Å². The van der Waals surface area contributed by atoms with Gasteiger partial charge in [-0.1, -0.05) is 12.1 Å². The molecule has 3 N–H and O–H groups in total. The van der Waals surface area contributed by atoms with E-state index in [1.54, 1.807) is 12.5 Å². The van der Waals surface area contributed by atoms with Crippen molar-refractivity contribution < 1.29 is 4.74 Å². The number of aromatic nitrogens is 4. The Bertz CT molecular complexity index is 1260. The molecular formula is C24H26N6O. The number of nitrogen functional groups attached to an aromatic ring is 1. The topological polar surface area (TPSA) is 92.9 Å². The number of aryl methyl sites for hydroxylation is 1. The van der Waals surface area contributed by atoms with Crippen LogP contribution in [0.15, 0.2) is 42.9 Å². The van der Waals surface area contributed by atoms with Crippen LogP contribution in [-0.4, -0.2) is 38.4 Å². The molecule has 3 heterocycles. The van der Waals surface area contributed by atoms with E-state index in [0.29, 0.717) is 5.88 Å². The van der Waals surface area contributed by atoms with E-state index in [1.165, 1.54) is 16.7 Å². The summed E-state index contributed by atoms with van der Waals surface area (Å²) < 4.78 is 6.17. The molecule has 7 heteroatoms. The zero-order valence-corrected chi connectivity index (χ0v) is 18.0. The van der Waals surface area contributed by atoms with Gasteiger partial charge in [0.15, 0.2) is 5.82 Å². The minimum Gasteiger partial charge on any atom is -0.467 e. The van der Waals surface area contributed by atoms with Gasteiger partial charge in [0.05, 0.1) is 29.3 Å². The molecule has 31 heavy (non-hydrogen) atoms. The van der Waals surface area contributed by atoms with Crippen LogP contribution in [0.3, 0.4) is 0 Å². The van der Waals surface area contributed by atoms with Gasteiger partial charge >= 0.3 is 0 Å². The number of fused-ring (bicyclic) bond motifs is 2. The Morgan fingerprint density at radius 1 is 1.23 bits per heavy atom. The van der Waals surface area contributed by atoms with Crippen molar-refractivity contribution in [3.05, 3.63) is 65.1 Å². The molecule has 2 aromatic heterocycles. The molecule has 4 aromatic rings. The lowest BCUT2D eigenvalue weighted by atomic mass is 9.92. The molecule has 158 valence electrons. The van der Waals surface area contributed by atoms with Crippen LogP contribution < -0.4 is 10.5 Å². The van der Waals surface area contributed by atoms with Crippen LogP contribution >= 0.6 is 0 Å². The molecule has 7 nitrogen and oxygen atoms in total. The second-order valence-electron chi connectivity index (χ2n) is 8.27. The van der Waals surface area contributed by atoms with E-state index in [-0.39, 0.29) is 11.9 Å². The summed E-state index contributed by atoms with van der Waals surface area (Å²) in [5.41, 5.74) is 14.8. The van der Waals surface area contributed by atoms with Gasteiger partial charge < -0.3 is 20.4 Å². The monoisotopic (exact) mass is 414 g/mol. The third-order valence-corrected chi connectivity index (χ3v) is 6.02. The smallest absolute Gasteiger partial charge is 0.258 e. The largest absolute Gasteiger partial charge is 0.467 e. The Hall–Kier alpha value is -3.45. The zero-order chi connectivity index (χ0) is 21.5. The second kappa shape index (κ2) is 7.67. The van der Waals surface area contributed by atoms with Gasteiger partial charge in [-0.25, -0.2) is 15.0 Å². The van der Waals surface area contributed by atoms with Crippen molar-refractivity contribution >= 4 is 16.9 Å². The molecule has 2 aromatic carbocycles. The van der Waals surface area contributed by atoms with Gasteiger partial charge in [0.1, 0.15) is 6.10 Å². The first kappa shape index (κ1) is 19.5. The number of imidazole rings is 1. The number of nitrogens with one attached hydrogen (secondary N) is 1. The first-order chi connectivity index (χ1) is 15.0. The van der Waals surface area contributed by atoms with Crippen LogP contribution in [0.1, 0.15) is 35.3 Å². The number of hydrogen-bond acceptors (Lipinski definition) is 6. The minimum absolute atomic E-state index is 0.277. The molecule has 0 saturated heterocycles. The van der Waals surface area contributed by atoms with Gasteiger partial charge in [0.2, 0.25) is 0 Å². The lowest BCUT2D eigenvalue weighted by Gasteiger charge is -2.27. The van der Waals surface area contributed by atoms with Crippen LogP contribution in [0.25, 0.3) is 22.3 Å². The molecule has 0 fully saturated rings. The molecule has 1 aliphatic rings. The van der Waals surface area contributed by atoms with E-state index in [2.05, 4.69) is 46.0 Å². The lowest BCUT2D eigenvalue weighted by molar-refractivity contribution is 0.220. The summed E-state index contributed by atoms with van der Waals surface area (Å²) >= 11 is 0. The van der Waals surface area contributed by atoms with Gasteiger partial charge in [-0.3, -0.25) is 0 Å². The predicted octanol–water partition coefficient (Wildman–Crippen LogP) is 4.04. The van der Waals surface area contributed by atoms with Crippen LogP contribution in [0.4, 0.5) is 5.82 Å². The summed E-state index contributed by atoms with van der Waals surface area (Å²) in [6.45, 7) is 6.17. The third kappa shape index (κ3) is 3.61. The van der Waals surface area contributed by atoms with Crippen molar-refractivity contribution in [2.75, 3.05) is 19.3 Å². The quantitative estimate of drug-likeness (QED) is 0.524. The number of rotatable bonds is 4. The van der Waals surface area contributed by atoms with Crippen molar-refractivity contribution in [2.24, 2.45) is 0 Å². The Morgan fingerprint density at radius 2 is 2.10 bits per heavy atom. The highest BCUT2D eigenvalue weighted by molar-refractivity contribution is 5.78. The first-order valence-electron chi connectivity index (χ1n) is 10.5. The molecule has 0 radical (unpaired) electrons. The average Bonchev–Trinajstić information content (AvgIpc) is 3.23. The Kier molecular flexibility index (Phi) is 4.82. The maximum atomic E-state index is 6.17. The highest BCUT2D eigenvalue weighted by Gasteiger charge is 2.19. The fourth-order valence-electron chi connectivity index (χ4n) is 4.36. The highest BCUT2D eigenvalue weighted by atomic mass is 16.5. The molecular weight excluding hydrogens is 388 g/mol. The number of anilines is 1. The summed E-state index contributed by atoms with van der Waals surface area (Å²) in [7, 11) is 2.15. The number of ether oxygens (including phenoxy) is 1. The number of likely N-dealkylation sites (N-methyl/N-ethyl adjacent to an activating group) is 1. The van der Waals surface area contributed by atoms with E-state index in [1.807, 2.05) is 25.1 Å². The highest BCUT2D eigenvalue weighted by Crippen LogP contribution is 2.32. The molecule has 1 unspecified atom stereocenters. The summed E-state index contributed by atoms with van der Waals surface area (Å²) in [6, 6.07) is 10.4. The van der Waals surface area contributed by atoms with E-state index in [9.17, 15) is 0 Å². The Labute approximate surface area is 181 Å². The number of benzene rings is 2. The third-order valence-electron chi connectivity index (χ3n) is 6.02. The number of aromatic amines is 1. The normalized spacial score (nSPS) is 15.1. The summed E-state index contributed by atoms with van der Waals surface area (Å²) in [5.74, 6) is 0.615. The molecule has 0 amide bonds. The summed E-state index contributed by atoms with van der Waals surface area (Å²) in [5, 5.41) is 0. The van der Waals surface area contributed by atoms with Crippen molar-refractivity contribution in [2.45, 2.75) is 32.9 Å². The molecule has 0 saturated carbocycles. The number of para-hydroxylation sites is 1. The standard InChI is InChI=1S/C24H26N6O/c1-14-9-16(10-17-12-30(3)8-7-18(14)17)21-11-26-23(25)24(29-21)31-15(2)19-5-4-6-20-22(19)28-13-27-20/h4-6,9-11,13,15H,7-8,12H2,1-3H3,(H2,25,26)(H,27,28). The lowest BCUT2D eigenvalue weighted by Crippen LogP contribution is -2.27. The Balaban J connectivity index is 1.48. The number of hydrogen-bond donors (Lipinski definition) is 2. The molecule has 0 bridgehead atoms. The van der Waals surface area contributed by atoms with Crippen LogP contribution in [0, 0.1) is 6.92 Å². The van der Waals surface area contributed by atoms with Gasteiger partial charge in [-0.2, -0.15) is 0 Å². The predicted molar refractivity (Wildman–Crippen MR) is 122 cm³/mol. The average molecular weight is 415 g/mol. The molecule has 5 rings (SSSR count). The molecule has 0 aliphatic carbocycles. The maximum absolute atomic E-state index is 6.17. The van der Waals surface area contributed by atoms with Crippen molar-refractivity contribution in [3.8, 4) is 17.1 Å². The van der Waals surface area contributed by atoms with E-state index < -0.39 is 0 Å².